The summed E-state index contributed by atoms with van der Waals surface area (Å²) in [5.41, 5.74) is -1.49. The highest BCUT2D eigenvalue weighted by molar-refractivity contribution is 5.88. The Kier molecular flexibility index (Phi) is 4.75. The van der Waals surface area contributed by atoms with Crippen molar-refractivity contribution in [3.63, 3.8) is 0 Å². The van der Waals surface area contributed by atoms with Crippen molar-refractivity contribution in [2.75, 3.05) is 13.2 Å². The van der Waals surface area contributed by atoms with Crippen molar-refractivity contribution < 1.29 is 14.3 Å². The number of epoxide rings is 1. The summed E-state index contributed by atoms with van der Waals surface area (Å²) in [5, 5.41) is 3.68. The lowest BCUT2D eigenvalue weighted by Crippen LogP contribution is -2.65. The summed E-state index contributed by atoms with van der Waals surface area (Å²) in [4.78, 5) is 15.6. The fourth-order valence-corrected chi connectivity index (χ4v) is 5.24. The summed E-state index contributed by atoms with van der Waals surface area (Å²) in [6.07, 6.45) is 5.95. The molecule has 3 heterocycles. The highest BCUT2D eigenvalue weighted by atomic mass is 16.6. The van der Waals surface area contributed by atoms with E-state index in [-0.39, 0.29) is 23.1 Å². The molecule has 5 heteroatoms. The van der Waals surface area contributed by atoms with Crippen molar-refractivity contribution >= 4 is 5.91 Å². The molecule has 0 saturated carbocycles. The number of carbonyl (C=O) groups is 1. The van der Waals surface area contributed by atoms with Gasteiger partial charge in [-0.15, -0.1) is 0 Å². The Hall–Kier alpha value is -0.650. The molecule has 0 aliphatic carbocycles. The lowest BCUT2D eigenvalue weighted by molar-refractivity contribution is -0.165. The summed E-state index contributed by atoms with van der Waals surface area (Å²) in [7, 11) is 0. The standard InChI is InChI=1S/C20H36N2O3/c1-7-8-9-10-19(6)22(11-15-12-24-15)16(23)20(25-19)13-17(2,3)21-18(4,5)14-20/h15,21H,7-14H2,1-6H3. The van der Waals surface area contributed by atoms with Gasteiger partial charge in [0, 0.05) is 23.9 Å². The Morgan fingerprint density at radius 1 is 1.12 bits per heavy atom. The number of nitrogens with zero attached hydrogens (tertiary/aromatic N) is 1. The summed E-state index contributed by atoms with van der Waals surface area (Å²) < 4.78 is 12.2. The minimum absolute atomic E-state index is 0.131. The minimum atomic E-state index is -0.714. The molecule has 144 valence electrons. The largest absolute Gasteiger partial charge is 0.371 e. The maximum Gasteiger partial charge on any atom is 0.257 e. The molecular formula is C20H36N2O3. The van der Waals surface area contributed by atoms with E-state index in [4.69, 9.17) is 9.47 Å². The van der Waals surface area contributed by atoms with Crippen molar-refractivity contribution in [3.8, 4) is 0 Å². The second kappa shape index (κ2) is 6.21. The Morgan fingerprint density at radius 2 is 1.72 bits per heavy atom. The fraction of sp³-hybridized carbons (Fsp3) is 0.950. The molecule has 1 spiro atoms. The van der Waals surface area contributed by atoms with Crippen molar-refractivity contribution in [3.05, 3.63) is 0 Å². The van der Waals surface area contributed by atoms with Crippen LogP contribution in [0.5, 0.6) is 0 Å². The number of ether oxygens (including phenoxy) is 2. The van der Waals surface area contributed by atoms with Gasteiger partial charge in [-0.05, 0) is 47.5 Å². The molecule has 1 N–H and O–H groups in total. The van der Waals surface area contributed by atoms with Crippen LogP contribution in [0.25, 0.3) is 0 Å². The molecular weight excluding hydrogens is 316 g/mol. The van der Waals surface area contributed by atoms with E-state index in [0.717, 1.165) is 19.4 Å². The Bertz CT molecular complexity index is 511. The van der Waals surface area contributed by atoms with Crippen LogP contribution in [0.4, 0.5) is 0 Å². The van der Waals surface area contributed by atoms with Gasteiger partial charge in [0.05, 0.1) is 19.3 Å². The molecule has 25 heavy (non-hydrogen) atoms. The molecule has 2 atom stereocenters. The molecule has 0 radical (unpaired) electrons. The zero-order chi connectivity index (χ0) is 18.5. The molecule has 3 aliphatic rings. The van der Waals surface area contributed by atoms with Crippen LogP contribution in [0.15, 0.2) is 0 Å². The Labute approximate surface area is 152 Å². The first-order chi connectivity index (χ1) is 11.5. The summed E-state index contributed by atoms with van der Waals surface area (Å²) >= 11 is 0. The molecule has 3 fully saturated rings. The first kappa shape index (κ1) is 19.1. The molecule has 3 aliphatic heterocycles. The molecule has 0 bridgehead atoms. The Balaban J connectivity index is 1.88. The number of hydrogen-bond acceptors (Lipinski definition) is 4. The van der Waals surface area contributed by atoms with Crippen molar-refractivity contribution in [1.29, 1.82) is 0 Å². The number of carbonyl (C=O) groups excluding carboxylic acids is 1. The summed E-state index contributed by atoms with van der Waals surface area (Å²) in [6.45, 7) is 14.4. The van der Waals surface area contributed by atoms with Crippen molar-refractivity contribution in [2.24, 2.45) is 0 Å². The van der Waals surface area contributed by atoms with E-state index >= 15 is 0 Å². The molecule has 0 aromatic carbocycles. The van der Waals surface area contributed by atoms with Crippen LogP contribution in [-0.2, 0) is 14.3 Å². The van der Waals surface area contributed by atoms with Crippen LogP contribution in [0, 0.1) is 0 Å². The first-order valence-corrected chi connectivity index (χ1v) is 9.94. The highest BCUT2D eigenvalue weighted by Gasteiger charge is 2.63. The predicted octanol–water partition coefficient (Wildman–Crippen LogP) is 3.22. The van der Waals surface area contributed by atoms with Gasteiger partial charge < -0.3 is 19.7 Å². The van der Waals surface area contributed by atoms with Gasteiger partial charge in [-0.2, -0.15) is 0 Å². The van der Waals surface area contributed by atoms with E-state index in [9.17, 15) is 4.79 Å². The van der Waals surface area contributed by atoms with E-state index in [2.05, 4.69) is 46.9 Å². The van der Waals surface area contributed by atoms with Gasteiger partial charge in [0.2, 0.25) is 0 Å². The zero-order valence-corrected chi connectivity index (χ0v) is 16.9. The topological polar surface area (TPSA) is 54.1 Å². The fourth-order valence-electron chi connectivity index (χ4n) is 5.24. The SMILES string of the molecule is CCCCCC1(C)OC2(CC(C)(C)NC(C)(C)C2)C(=O)N1CC1CO1. The van der Waals surface area contributed by atoms with E-state index in [0.29, 0.717) is 19.4 Å². The number of rotatable bonds is 6. The van der Waals surface area contributed by atoms with Crippen LogP contribution in [-0.4, -0.2) is 52.5 Å². The first-order valence-electron chi connectivity index (χ1n) is 9.94. The van der Waals surface area contributed by atoms with Crippen molar-refractivity contribution in [2.45, 2.75) is 109 Å². The Morgan fingerprint density at radius 3 is 2.24 bits per heavy atom. The van der Waals surface area contributed by atoms with Crippen LogP contribution >= 0.6 is 0 Å². The third-order valence-corrected chi connectivity index (χ3v) is 5.79. The average Bonchev–Trinajstić information content (AvgIpc) is 3.21. The molecule has 2 unspecified atom stereocenters. The van der Waals surface area contributed by atoms with Crippen LogP contribution in [0.3, 0.4) is 0 Å². The van der Waals surface area contributed by atoms with Gasteiger partial charge >= 0.3 is 0 Å². The smallest absolute Gasteiger partial charge is 0.257 e. The second-order valence-electron chi connectivity index (χ2n) is 9.85. The van der Waals surface area contributed by atoms with E-state index in [1.54, 1.807) is 0 Å². The van der Waals surface area contributed by atoms with E-state index in [1.807, 2.05) is 4.90 Å². The van der Waals surface area contributed by atoms with Gasteiger partial charge in [0.1, 0.15) is 5.72 Å². The number of unbranched alkanes of at least 4 members (excludes halogenated alkanes) is 2. The molecule has 1 amide bonds. The third kappa shape index (κ3) is 3.88. The third-order valence-electron chi connectivity index (χ3n) is 5.79. The molecule has 3 saturated heterocycles. The van der Waals surface area contributed by atoms with E-state index in [1.165, 1.54) is 12.8 Å². The predicted molar refractivity (Wildman–Crippen MR) is 98.3 cm³/mol. The van der Waals surface area contributed by atoms with Gasteiger partial charge in [-0.25, -0.2) is 0 Å². The number of piperidine rings is 1. The molecule has 0 aromatic heterocycles. The normalized spacial score (nSPS) is 35.4. The molecule has 0 aromatic rings. The number of nitrogens with one attached hydrogen (secondary N) is 1. The van der Waals surface area contributed by atoms with Crippen LogP contribution in [0.1, 0.15) is 80.1 Å². The second-order valence-corrected chi connectivity index (χ2v) is 9.85. The zero-order valence-electron chi connectivity index (χ0n) is 16.9. The number of hydrogen-bond donors (Lipinski definition) is 1. The number of amides is 1. The average molecular weight is 353 g/mol. The van der Waals surface area contributed by atoms with Gasteiger partial charge in [0.25, 0.3) is 5.91 Å². The van der Waals surface area contributed by atoms with Gasteiger partial charge in [-0.3, -0.25) is 4.79 Å². The van der Waals surface area contributed by atoms with Gasteiger partial charge in [-0.1, -0.05) is 19.8 Å². The monoisotopic (exact) mass is 352 g/mol. The van der Waals surface area contributed by atoms with Gasteiger partial charge in [0.15, 0.2) is 5.60 Å². The molecule has 5 nitrogen and oxygen atoms in total. The quantitative estimate of drug-likeness (QED) is 0.589. The minimum Gasteiger partial charge on any atom is -0.371 e. The van der Waals surface area contributed by atoms with Crippen molar-refractivity contribution in [1.82, 2.24) is 10.2 Å². The lowest BCUT2D eigenvalue weighted by atomic mass is 9.72. The van der Waals surface area contributed by atoms with Crippen LogP contribution in [0.2, 0.25) is 0 Å². The molecule has 3 rings (SSSR count). The maximum atomic E-state index is 13.6. The summed E-state index contributed by atoms with van der Waals surface area (Å²) in [6, 6.07) is 0. The lowest BCUT2D eigenvalue weighted by Gasteiger charge is -2.50. The maximum absolute atomic E-state index is 13.6. The van der Waals surface area contributed by atoms with E-state index < -0.39 is 11.3 Å². The summed E-state index contributed by atoms with van der Waals surface area (Å²) in [5.74, 6) is 0.171. The highest BCUT2D eigenvalue weighted by Crippen LogP contribution is 2.49. The van der Waals surface area contributed by atoms with Crippen LogP contribution < -0.4 is 5.32 Å².